The first-order chi connectivity index (χ1) is 10.7. The maximum absolute atomic E-state index is 10.8. The third kappa shape index (κ3) is 10.2. The lowest BCUT2D eigenvalue weighted by atomic mass is 10.1. The van der Waals surface area contributed by atoms with Crippen LogP contribution < -0.4 is 5.32 Å². The van der Waals surface area contributed by atoms with Crippen molar-refractivity contribution in [2.75, 3.05) is 46.1 Å². The number of aliphatic hydroxyl groups excluding tert-OH is 1. The van der Waals surface area contributed by atoms with E-state index in [0.717, 1.165) is 0 Å². The Balaban J connectivity index is 4.49. The summed E-state index contributed by atoms with van der Waals surface area (Å²) in [6.45, 7) is 7.99. The molecule has 4 N–H and O–H groups in total. The highest BCUT2D eigenvalue weighted by molar-refractivity contribution is 5.69. The van der Waals surface area contributed by atoms with Crippen LogP contribution in [0.15, 0.2) is 0 Å². The Hall–Kier alpha value is -1.22. The number of rotatable bonds is 14. The predicted molar refractivity (Wildman–Crippen MR) is 85.0 cm³/mol. The molecule has 136 valence electrons. The maximum atomic E-state index is 10.8. The van der Waals surface area contributed by atoms with Crippen molar-refractivity contribution in [1.29, 1.82) is 0 Å². The number of quaternary nitrogens is 1. The fraction of sp³-hybridized carbons (Fsp3) is 0.867. The Morgan fingerprint density at radius 2 is 1.83 bits per heavy atom. The smallest absolute Gasteiger partial charge is 0.317 e. The van der Waals surface area contributed by atoms with Gasteiger partial charge in [0.15, 0.2) is 6.73 Å². The zero-order valence-electron chi connectivity index (χ0n) is 14.4. The number of carbonyl (C=O) groups is 2. The highest BCUT2D eigenvalue weighted by atomic mass is 16.5. The Morgan fingerprint density at radius 1 is 1.17 bits per heavy atom. The number of hydrogen-bond donors (Lipinski definition) is 4. The summed E-state index contributed by atoms with van der Waals surface area (Å²) in [6, 6.07) is 0. The van der Waals surface area contributed by atoms with Crippen molar-refractivity contribution in [3.05, 3.63) is 0 Å². The van der Waals surface area contributed by atoms with Gasteiger partial charge in [-0.3, -0.25) is 14.1 Å². The lowest BCUT2D eigenvalue weighted by Gasteiger charge is -2.39. The van der Waals surface area contributed by atoms with E-state index >= 15 is 0 Å². The first kappa shape index (κ1) is 21.8. The molecule has 8 heteroatoms. The van der Waals surface area contributed by atoms with E-state index in [0.29, 0.717) is 43.8 Å². The number of aliphatic hydroxyl groups is 1. The third-order valence-electron chi connectivity index (χ3n) is 3.95. The van der Waals surface area contributed by atoms with Crippen LogP contribution in [-0.4, -0.2) is 83.4 Å². The first-order valence-corrected chi connectivity index (χ1v) is 7.90. The molecule has 0 radical (unpaired) electrons. The van der Waals surface area contributed by atoms with Crippen molar-refractivity contribution in [3.8, 4) is 0 Å². The number of nitrogens with one attached hydrogen (secondary N) is 1. The van der Waals surface area contributed by atoms with Gasteiger partial charge < -0.3 is 25.4 Å². The van der Waals surface area contributed by atoms with Gasteiger partial charge in [0.1, 0.15) is 6.54 Å². The second-order valence-electron chi connectivity index (χ2n) is 6.33. The number of hydrogen-bond acceptors (Lipinski definition) is 5. The summed E-state index contributed by atoms with van der Waals surface area (Å²) in [7, 11) is 0. The number of nitrogens with zero attached hydrogens (tertiary/aromatic N) is 1. The highest BCUT2D eigenvalue weighted by Crippen LogP contribution is 2.18. The zero-order valence-corrected chi connectivity index (χ0v) is 14.4. The molecule has 0 saturated heterocycles. The van der Waals surface area contributed by atoms with Gasteiger partial charge in [-0.05, 0) is 33.7 Å². The summed E-state index contributed by atoms with van der Waals surface area (Å²) in [5, 5.41) is 29.6. The molecule has 0 aromatic rings. The molecule has 0 aromatic carbocycles. The average molecular weight is 335 g/mol. The maximum Gasteiger partial charge on any atom is 0.317 e. The van der Waals surface area contributed by atoms with Crippen LogP contribution in [0.3, 0.4) is 0 Å². The Bertz CT molecular complexity index is 375. The van der Waals surface area contributed by atoms with Crippen LogP contribution in [-0.2, 0) is 14.3 Å². The summed E-state index contributed by atoms with van der Waals surface area (Å²) in [4.78, 5) is 21.3. The molecule has 23 heavy (non-hydrogen) atoms. The number of likely N-dealkylation sites (N-methyl/N-ethyl adjacent to an activating group) is 1. The van der Waals surface area contributed by atoms with Gasteiger partial charge in [-0.2, -0.15) is 0 Å². The molecule has 0 amide bonds. The van der Waals surface area contributed by atoms with Gasteiger partial charge >= 0.3 is 11.9 Å². The second kappa shape index (κ2) is 10.5. The van der Waals surface area contributed by atoms with Gasteiger partial charge in [0.25, 0.3) is 0 Å². The molecular weight excluding hydrogens is 304 g/mol. The van der Waals surface area contributed by atoms with E-state index in [-0.39, 0.29) is 19.6 Å². The molecule has 0 fully saturated rings. The van der Waals surface area contributed by atoms with E-state index in [9.17, 15) is 14.7 Å². The SMILES string of the molecule is CC[N+](CCO)(CCC(=O)O)COC(C)(C)CCNCC(=O)O. The van der Waals surface area contributed by atoms with Crippen LogP contribution in [0.1, 0.15) is 33.6 Å². The largest absolute Gasteiger partial charge is 0.481 e. The van der Waals surface area contributed by atoms with Gasteiger partial charge in [0.2, 0.25) is 0 Å². The fourth-order valence-electron chi connectivity index (χ4n) is 2.16. The second-order valence-corrected chi connectivity index (χ2v) is 6.33. The predicted octanol–water partition coefficient (Wildman–Crippen LogP) is 0.107. The molecule has 0 aliphatic heterocycles. The minimum atomic E-state index is -0.901. The molecule has 8 nitrogen and oxygen atoms in total. The minimum absolute atomic E-state index is 0.0256. The van der Waals surface area contributed by atoms with Crippen molar-refractivity contribution in [1.82, 2.24) is 5.32 Å². The van der Waals surface area contributed by atoms with Crippen molar-refractivity contribution in [3.63, 3.8) is 0 Å². The van der Waals surface area contributed by atoms with Gasteiger partial charge in [-0.25, -0.2) is 0 Å². The van der Waals surface area contributed by atoms with Crippen LogP contribution >= 0.6 is 0 Å². The van der Waals surface area contributed by atoms with Crippen LogP contribution in [0.2, 0.25) is 0 Å². The lowest BCUT2D eigenvalue weighted by Crippen LogP contribution is -2.54. The van der Waals surface area contributed by atoms with Crippen LogP contribution in [0, 0.1) is 0 Å². The Kier molecular flexibility index (Phi) is 9.98. The summed E-state index contributed by atoms with van der Waals surface area (Å²) in [6.07, 6.45) is 0.653. The van der Waals surface area contributed by atoms with Crippen molar-refractivity contribution in [2.45, 2.75) is 39.2 Å². The Labute approximate surface area is 137 Å². The molecule has 0 spiro atoms. The standard InChI is InChI=1S/C15H30N2O6/c1-4-17(9-10-18,8-5-13(19)20)12-23-15(2,3)6-7-16-11-14(21)22/h16,18H,4-12H2,1-3H3,(H-,19,20,21,22)/p+1. The first-order valence-electron chi connectivity index (χ1n) is 7.90. The molecular formula is C15H31N2O6+. The summed E-state index contributed by atoms with van der Waals surface area (Å²) in [5.41, 5.74) is -0.469. The average Bonchev–Trinajstić information content (AvgIpc) is 2.47. The summed E-state index contributed by atoms with van der Waals surface area (Å²) < 4.78 is 6.34. The zero-order chi connectivity index (χ0) is 17.9. The van der Waals surface area contributed by atoms with Crippen molar-refractivity contribution < 1.29 is 34.1 Å². The summed E-state index contributed by atoms with van der Waals surface area (Å²) >= 11 is 0. The van der Waals surface area contributed by atoms with E-state index < -0.39 is 17.5 Å². The van der Waals surface area contributed by atoms with E-state index in [1.165, 1.54) is 0 Å². The van der Waals surface area contributed by atoms with E-state index in [2.05, 4.69) is 5.32 Å². The quantitative estimate of drug-likeness (QED) is 0.202. The van der Waals surface area contributed by atoms with Gasteiger partial charge in [0, 0.05) is 0 Å². The van der Waals surface area contributed by atoms with E-state index in [1.807, 2.05) is 20.8 Å². The van der Waals surface area contributed by atoms with Gasteiger partial charge in [-0.15, -0.1) is 0 Å². The minimum Gasteiger partial charge on any atom is -0.481 e. The fourth-order valence-corrected chi connectivity index (χ4v) is 2.16. The normalized spacial score (nSPS) is 14.4. The van der Waals surface area contributed by atoms with Gasteiger partial charge in [0.05, 0.1) is 38.3 Å². The lowest BCUT2D eigenvalue weighted by molar-refractivity contribution is -0.945. The van der Waals surface area contributed by atoms with E-state index in [4.69, 9.17) is 14.9 Å². The number of ether oxygens (including phenoxy) is 1. The topological polar surface area (TPSA) is 116 Å². The van der Waals surface area contributed by atoms with Crippen LogP contribution in [0.4, 0.5) is 0 Å². The van der Waals surface area contributed by atoms with Crippen molar-refractivity contribution in [2.24, 2.45) is 0 Å². The third-order valence-corrected chi connectivity index (χ3v) is 3.95. The van der Waals surface area contributed by atoms with Crippen LogP contribution in [0.5, 0.6) is 0 Å². The Morgan fingerprint density at radius 3 is 2.30 bits per heavy atom. The highest BCUT2D eigenvalue weighted by Gasteiger charge is 2.30. The summed E-state index contributed by atoms with van der Waals surface area (Å²) in [5.74, 6) is -1.77. The molecule has 0 aromatic heterocycles. The number of carboxylic acid groups (broad SMARTS) is 2. The molecule has 0 aliphatic carbocycles. The number of aliphatic carboxylic acids is 2. The van der Waals surface area contributed by atoms with Crippen molar-refractivity contribution >= 4 is 11.9 Å². The molecule has 0 heterocycles. The molecule has 0 bridgehead atoms. The monoisotopic (exact) mass is 335 g/mol. The molecule has 1 unspecified atom stereocenters. The number of carboxylic acids is 2. The molecule has 0 rings (SSSR count). The molecule has 0 aliphatic rings. The molecule has 0 saturated carbocycles. The molecule has 1 atom stereocenters. The van der Waals surface area contributed by atoms with Crippen LogP contribution in [0.25, 0.3) is 0 Å². The van der Waals surface area contributed by atoms with Gasteiger partial charge in [-0.1, -0.05) is 0 Å². The van der Waals surface area contributed by atoms with E-state index in [1.54, 1.807) is 0 Å².